The number of hydrogen-bond acceptors (Lipinski definition) is 5. The summed E-state index contributed by atoms with van der Waals surface area (Å²) in [6.07, 6.45) is 7.53. The Morgan fingerprint density at radius 1 is 1.09 bits per heavy atom. The highest BCUT2D eigenvalue weighted by Crippen LogP contribution is 2.49. The summed E-state index contributed by atoms with van der Waals surface area (Å²) < 4.78 is 35.1. The predicted molar refractivity (Wildman–Crippen MR) is 134 cm³/mol. The minimum atomic E-state index is -3.92. The maximum Gasteiger partial charge on any atom is 0.264 e. The zero-order chi connectivity index (χ0) is 23.7. The van der Waals surface area contributed by atoms with Gasteiger partial charge in [-0.15, -0.1) is 0 Å². The number of carbonyl (C=O) groups excluding carboxylic acids is 1. The normalized spacial score (nSPS) is 23.8. The van der Waals surface area contributed by atoms with Gasteiger partial charge in [-0.3, -0.25) is 9.52 Å². The lowest BCUT2D eigenvalue weighted by Gasteiger charge is -2.23. The second-order valence-electron chi connectivity index (χ2n) is 9.87. The molecule has 7 nitrogen and oxygen atoms in total. The van der Waals surface area contributed by atoms with Gasteiger partial charge in [0.25, 0.3) is 10.0 Å². The molecule has 2 aromatic carbocycles. The van der Waals surface area contributed by atoms with Crippen LogP contribution in [0.4, 0.5) is 17.1 Å². The summed E-state index contributed by atoms with van der Waals surface area (Å²) >= 11 is 0. The van der Waals surface area contributed by atoms with E-state index < -0.39 is 10.0 Å². The molecule has 2 saturated carbocycles. The molecule has 3 fully saturated rings. The van der Waals surface area contributed by atoms with Crippen molar-refractivity contribution in [1.82, 2.24) is 0 Å². The third-order valence-corrected chi connectivity index (χ3v) is 9.06. The van der Waals surface area contributed by atoms with E-state index in [1.54, 1.807) is 30.3 Å². The fourth-order valence-electron chi connectivity index (χ4n) is 6.03. The molecule has 1 amide bonds. The van der Waals surface area contributed by atoms with Crippen LogP contribution in [0.2, 0.25) is 0 Å². The zero-order valence-corrected chi connectivity index (χ0v) is 20.4. The van der Waals surface area contributed by atoms with Crippen molar-refractivity contribution in [3.05, 3.63) is 42.5 Å². The van der Waals surface area contributed by atoms with E-state index in [9.17, 15) is 13.2 Å². The quantitative estimate of drug-likeness (QED) is 0.560. The first-order valence-corrected chi connectivity index (χ1v) is 13.8. The number of anilines is 3. The van der Waals surface area contributed by atoms with Gasteiger partial charge in [0, 0.05) is 25.2 Å². The Kier molecular flexibility index (Phi) is 6.42. The van der Waals surface area contributed by atoms with Crippen molar-refractivity contribution in [2.24, 2.45) is 17.8 Å². The fraction of sp³-hybridized carbons (Fsp3) is 0.500. The number of fused-ring (bicyclic) bond motifs is 2. The molecule has 2 aliphatic carbocycles. The highest BCUT2D eigenvalue weighted by atomic mass is 32.2. The number of ether oxygens (including phenoxy) is 1. The molecule has 0 spiro atoms. The smallest absolute Gasteiger partial charge is 0.264 e. The van der Waals surface area contributed by atoms with Crippen molar-refractivity contribution in [1.29, 1.82) is 0 Å². The third-order valence-electron chi connectivity index (χ3n) is 7.66. The van der Waals surface area contributed by atoms with E-state index in [0.717, 1.165) is 38.3 Å². The first-order chi connectivity index (χ1) is 16.4. The molecule has 0 unspecified atom stereocenters. The van der Waals surface area contributed by atoms with Gasteiger partial charge in [-0.1, -0.05) is 18.6 Å². The molecule has 5 rings (SSSR count). The van der Waals surface area contributed by atoms with Crippen molar-refractivity contribution in [3.63, 3.8) is 0 Å². The maximum absolute atomic E-state index is 13.5. The number of nitrogens with zero attached hydrogens (tertiary/aromatic N) is 1. The van der Waals surface area contributed by atoms with E-state index in [2.05, 4.69) is 14.9 Å². The molecule has 34 heavy (non-hydrogen) atoms. The molecule has 2 bridgehead atoms. The van der Waals surface area contributed by atoms with E-state index in [1.807, 2.05) is 12.1 Å². The predicted octanol–water partition coefficient (Wildman–Crippen LogP) is 4.86. The summed E-state index contributed by atoms with van der Waals surface area (Å²) in [6, 6.07) is 12.2. The van der Waals surface area contributed by atoms with Crippen molar-refractivity contribution >= 4 is 33.0 Å². The Bertz CT molecular complexity index is 1160. The number of hydrogen-bond donors (Lipinski definition) is 2. The van der Waals surface area contributed by atoms with E-state index in [0.29, 0.717) is 41.1 Å². The van der Waals surface area contributed by atoms with Gasteiger partial charge in [0.15, 0.2) is 0 Å². The number of carbonyl (C=O) groups is 1. The Morgan fingerprint density at radius 3 is 2.59 bits per heavy atom. The number of nitrogens with one attached hydrogen (secondary N) is 2. The fourth-order valence-corrected chi connectivity index (χ4v) is 7.35. The van der Waals surface area contributed by atoms with Crippen LogP contribution in [0.3, 0.4) is 0 Å². The molecule has 3 aliphatic rings. The Balaban J connectivity index is 1.39. The van der Waals surface area contributed by atoms with Crippen LogP contribution in [-0.2, 0) is 14.8 Å². The largest absolute Gasteiger partial charge is 0.495 e. The lowest BCUT2D eigenvalue weighted by molar-refractivity contribution is -0.117. The standard InChI is InChI=1S/C26H33N3O4S/c1-33-24-7-3-2-6-22(24)28-34(31,32)25-17-21(10-11-23(25)29-12-4-5-13-29)27-26(30)16-20-15-18-8-9-19(20)14-18/h2-3,6-7,10-11,17-20,28H,4-5,8-9,12-16H2,1H3,(H,27,30)/t18-,19-,20-/m0/s1. The van der Waals surface area contributed by atoms with Crippen LogP contribution < -0.4 is 19.7 Å². The molecule has 2 aromatic rings. The van der Waals surface area contributed by atoms with E-state index in [4.69, 9.17) is 4.74 Å². The van der Waals surface area contributed by atoms with Crippen LogP contribution in [0.1, 0.15) is 44.9 Å². The highest BCUT2D eigenvalue weighted by Gasteiger charge is 2.40. The van der Waals surface area contributed by atoms with E-state index >= 15 is 0 Å². The summed E-state index contributed by atoms with van der Waals surface area (Å²) in [6.45, 7) is 1.63. The summed E-state index contributed by atoms with van der Waals surface area (Å²) in [5, 5.41) is 2.97. The van der Waals surface area contributed by atoms with E-state index in [1.165, 1.54) is 26.4 Å². The Labute approximate surface area is 201 Å². The average Bonchev–Trinajstić information content (AvgIpc) is 3.58. The van der Waals surface area contributed by atoms with E-state index in [-0.39, 0.29) is 10.8 Å². The van der Waals surface area contributed by atoms with Crippen molar-refractivity contribution < 1.29 is 17.9 Å². The van der Waals surface area contributed by atoms with Crippen molar-refractivity contribution in [2.45, 2.75) is 49.8 Å². The molecule has 3 atom stereocenters. The molecule has 1 saturated heterocycles. The van der Waals surface area contributed by atoms with Crippen LogP contribution in [-0.4, -0.2) is 34.5 Å². The summed E-state index contributed by atoms with van der Waals surface area (Å²) in [7, 11) is -2.42. The monoisotopic (exact) mass is 483 g/mol. The van der Waals surface area contributed by atoms with Gasteiger partial charge in [-0.25, -0.2) is 8.42 Å². The van der Waals surface area contributed by atoms with Gasteiger partial charge >= 0.3 is 0 Å². The topological polar surface area (TPSA) is 87.7 Å². The molecule has 1 heterocycles. The van der Waals surface area contributed by atoms with Gasteiger partial charge < -0.3 is 15.0 Å². The maximum atomic E-state index is 13.5. The third kappa shape index (κ3) is 4.73. The second-order valence-corrected chi connectivity index (χ2v) is 11.5. The van der Waals surface area contributed by atoms with Gasteiger partial charge in [-0.05, 0) is 80.2 Å². The lowest BCUT2D eigenvalue weighted by atomic mass is 9.86. The summed E-state index contributed by atoms with van der Waals surface area (Å²) in [5.41, 5.74) is 1.55. The van der Waals surface area contributed by atoms with Crippen molar-refractivity contribution in [2.75, 3.05) is 35.1 Å². The van der Waals surface area contributed by atoms with Gasteiger partial charge in [0.05, 0.1) is 18.5 Å². The molecule has 0 aromatic heterocycles. The molecule has 182 valence electrons. The summed E-state index contributed by atoms with van der Waals surface area (Å²) in [4.78, 5) is 15.1. The second kappa shape index (κ2) is 9.49. The highest BCUT2D eigenvalue weighted by molar-refractivity contribution is 7.93. The first kappa shape index (κ1) is 23.0. The number of rotatable bonds is 8. The minimum absolute atomic E-state index is 0.0347. The number of methoxy groups -OCH3 is 1. The Hall–Kier alpha value is -2.74. The van der Waals surface area contributed by atoms with Gasteiger partial charge in [0.1, 0.15) is 10.6 Å². The number of para-hydroxylation sites is 2. The van der Waals surface area contributed by atoms with Crippen LogP contribution >= 0.6 is 0 Å². The summed E-state index contributed by atoms with van der Waals surface area (Å²) in [5.74, 6) is 2.34. The molecule has 1 aliphatic heterocycles. The van der Waals surface area contributed by atoms with Crippen LogP contribution in [0.15, 0.2) is 47.4 Å². The van der Waals surface area contributed by atoms with Crippen LogP contribution in [0, 0.1) is 17.8 Å². The number of sulfonamides is 1. The zero-order valence-electron chi connectivity index (χ0n) is 19.6. The van der Waals surface area contributed by atoms with Gasteiger partial charge in [-0.2, -0.15) is 0 Å². The molecule has 0 radical (unpaired) electrons. The number of amides is 1. The molecular weight excluding hydrogens is 450 g/mol. The SMILES string of the molecule is COc1ccccc1NS(=O)(=O)c1cc(NC(=O)C[C@@H]2C[C@H]3CC[C@H]2C3)ccc1N1CCCC1. The molecule has 8 heteroatoms. The Morgan fingerprint density at radius 2 is 1.88 bits per heavy atom. The molecule has 2 N–H and O–H groups in total. The van der Waals surface area contributed by atoms with Gasteiger partial charge in [0.2, 0.25) is 5.91 Å². The number of benzene rings is 2. The first-order valence-electron chi connectivity index (χ1n) is 12.3. The minimum Gasteiger partial charge on any atom is -0.495 e. The van der Waals surface area contributed by atoms with Crippen molar-refractivity contribution in [3.8, 4) is 5.75 Å². The lowest BCUT2D eigenvalue weighted by Crippen LogP contribution is -2.24. The van der Waals surface area contributed by atoms with Crippen LogP contribution in [0.25, 0.3) is 0 Å². The van der Waals surface area contributed by atoms with Crippen LogP contribution in [0.5, 0.6) is 5.75 Å². The molecular formula is C26H33N3O4S. The average molecular weight is 484 g/mol.